The van der Waals surface area contributed by atoms with E-state index in [2.05, 4.69) is 30.8 Å². The minimum atomic E-state index is -1.11. The van der Waals surface area contributed by atoms with E-state index in [1.165, 1.54) is 17.3 Å². The van der Waals surface area contributed by atoms with Crippen molar-refractivity contribution in [3.05, 3.63) is 35.7 Å². The van der Waals surface area contributed by atoms with Crippen LogP contribution in [0.25, 0.3) is 11.0 Å². The maximum Gasteiger partial charge on any atom is 0.272 e. The van der Waals surface area contributed by atoms with Crippen LogP contribution in [-0.4, -0.2) is 73.5 Å². The number of carbonyl (C=O) groups excluding carboxylic acids is 1. The maximum absolute atomic E-state index is 13.6. The number of fused-ring (bicyclic) bond motifs is 1. The van der Waals surface area contributed by atoms with Crippen LogP contribution in [0.15, 0.2) is 30.0 Å². The van der Waals surface area contributed by atoms with Gasteiger partial charge in [-0.05, 0) is 11.6 Å². The zero-order chi connectivity index (χ0) is 21.4. The van der Waals surface area contributed by atoms with Gasteiger partial charge in [0, 0.05) is 32.6 Å². The highest BCUT2D eigenvalue weighted by Crippen LogP contribution is 2.29. The Morgan fingerprint density at radius 2 is 2.23 bits per heavy atom. The highest BCUT2D eigenvalue weighted by molar-refractivity contribution is 6.22. The number of allylic oxidation sites excluding steroid dienone is 2. The standard InChI is InChI=1S/C18H20ClF2N7O2/c1-28(6-8-2-10(21)5-22-15(8)19)18(30)14-13-16(23-7-24-17(13)27-26-14)25-11-3-9(20)4-12(11)29/h2,5,7,9,11-12,15,22,29H,3-4,6H2,1H3,(H2,23,24,25,26,27)/t9-,11-,12-,15?/m1/s1. The molecule has 4 N–H and O–H groups in total. The van der Waals surface area contributed by atoms with Crippen molar-refractivity contribution in [1.29, 1.82) is 0 Å². The SMILES string of the molecule is CN(CC1=CC(F)=CNC1Cl)C(=O)c1[nH]nc2ncnc(N[C@@H]3C[C@@H](F)C[C@H]3O)c12. The molecule has 1 saturated carbocycles. The largest absolute Gasteiger partial charge is 0.391 e. The Morgan fingerprint density at radius 1 is 1.43 bits per heavy atom. The molecule has 4 atom stereocenters. The summed E-state index contributed by atoms with van der Waals surface area (Å²) in [4.78, 5) is 22.6. The summed E-state index contributed by atoms with van der Waals surface area (Å²) in [6.45, 7) is 0.0725. The van der Waals surface area contributed by atoms with Gasteiger partial charge in [-0.3, -0.25) is 9.89 Å². The van der Waals surface area contributed by atoms with Crippen LogP contribution >= 0.6 is 11.6 Å². The lowest BCUT2D eigenvalue weighted by Crippen LogP contribution is -2.35. The maximum atomic E-state index is 13.6. The number of aromatic amines is 1. The Balaban J connectivity index is 1.59. The third-order valence-corrected chi connectivity index (χ3v) is 5.55. The summed E-state index contributed by atoms with van der Waals surface area (Å²) in [5, 5.41) is 22.7. The number of aliphatic hydroxyl groups excluding tert-OH is 1. The minimum absolute atomic E-state index is 0.0412. The van der Waals surface area contributed by atoms with Gasteiger partial charge in [0.25, 0.3) is 5.91 Å². The summed E-state index contributed by atoms with van der Waals surface area (Å²) in [5.74, 6) is -0.660. The zero-order valence-electron chi connectivity index (χ0n) is 15.9. The molecule has 12 heteroatoms. The van der Waals surface area contributed by atoms with Crippen LogP contribution in [0.4, 0.5) is 14.6 Å². The summed E-state index contributed by atoms with van der Waals surface area (Å²) in [6.07, 6.45) is 1.89. The molecule has 1 aliphatic carbocycles. The lowest BCUT2D eigenvalue weighted by Gasteiger charge is -2.24. The van der Waals surface area contributed by atoms with Crippen molar-refractivity contribution in [3.63, 3.8) is 0 Å². The molecule has 1 amide bonds. The Kier molecular flexibility index (Phi) is 5.56. The molecular formula is C18H20ClF2N7O2. The molecular weight excluding hydrogens is 420 g/mol. The number of aliphatic hydroxyl groups is 1. The van der Waals surface area contributed by atoms with Crippen molar-refractivity contribution >= 4 is 34.4 Å². The molecule has 0 spiro atoms. The average Bonchev–Trinajstić information content (AvgIpc) is 3.27. The van der Waals surface area contributed by atoms with Crippen molar-refractivity contribution in [2.75, 3.05) is 18.9 Å². The molecule has 2 aromatic rings. The first-order valence-corrected chi connectivity index (χ1v) is 9.76. The molecule has 2 aromatic heterocycles. The van der Waals surface area contributed by atoms with Gasteiger partial charge in [-0.2, -0.15) is 5.10 Å². The number of rotatable bonds is 5. The fraction of sp³-hybridized carbons (Fsp3) is 0.444. The van der Waals surface area contributed by atoms with Crippen LogP contribution in [0.1, 0.15) is 23.3 Å². The molecule has 2 aliphatic rings. The predicted molar refractivity (Wildman–Crippen MR) is 106 cm³/mol. The van der Waals surface area contributed by atoms with Crippen LogP contribution in [0.5, 0.6) is 0 Å². The number of anilines is 1. The zero-order valence-corrected chi connectivity index (χ0v) is 16.7. The molecule has 0 bridgehead atoms. The van der Waals surface area contributed by atoms with E-state index in [1.807, 2.05) is 0 Å². The summed E-state index contributed by atoms with van der Waals surface area (Å²) in [5.41, 5.74) is 0.202. The first-order valence-electron chi connectivity index (χ1n) is 9.33. The van der Waals surface area contributed by atoms with Crippen molar-refractivity contribution in [2.45, 2.75) is 36.7 Å². The van der Waals surface area contributed by atoms with Crippen LogP contribution in [0.3, 0.4) is 0 Å². The number of amides is 1. The number of likely N-dealkylation sites (N-methyl/N-ethyl adjacent to an activating group) is 1. The fourth-order valence-corrected chi connectivity index (χ4v) is 3.82. The lowest BCUT2D eigenvalue weighted by atomic mass is 10.1. The molecule has 1 fully saturated rings. The van der Waals surface area contributed by atoms with Crippen molar-refractivity contribution < 1.29 is 18.7 Å². The molecule has 9 nitrogen and oxygen atoms in total. The van der Waals surface area contributed by atoms with Crippen molar-refractivity contribution in [3.8, 4) is 0 Å². The van der Waals surface area contributed by atoms with E-state index in [0.29, 0.717) is 11.0 Å². The van der Waals surface area contributed by atoms with E-state index in [4.69, 9.17) is 11.6 Å². The number of nitrogens with zero attached hydrogens (tertiary/aromatic N) is 4. The van der Waals surface area contributed by atoms with E-state index in [-0.39, 0.29) is 36.5 Å². The number of nitrogens with one attached hydrogen (secondary N) is 3. The third kappa shape index (κ3) is 3.94. The van der Waals surface area contributed by atoms with E-state index in [9.17, 15) is 18.7 Å². The van der Waals surface area contributed by atoms with Crippen molar-refractivity contribution in [2.24, 2.45) is 0 Å². The molecule has 30 heavy (non-hydrogen) atoms. The summed E-state index contributed by atoms with van der Waals surface area (Å²) in [6, 6.07) is -0.543. The average molecular weight is 440 g/mol. The predicted octanol–water partition coefficient (Wildman–Crippen LogP) is 1.60. The Morgan fingerprint density at radius 3 is 2.97 bits per heavy atom. The van der Waals surface area contributed by atoms with Gasteiger partial charge in [0.1, 0.15) is 35.3 Å². The normalized spacial score (nSPS) is 26.2. The second-order valence-corrected chi connectivity index (χ2v) is 7.78. The number of alkyl halides is 2. The van der Waals surface area contributed by atoms with E-state index < -0.39 is 35.6 Å². The lowest BCUT2D eigenvalue weighted by molar-refractivity contribution is 0.0802. The van der Waals surface area contributed by atoms with E-state index in [0.717, 1.165) is 6.20 Å². The number of hydrogen-bond acceptors (Lipinski definition) is 7. The van der Waals surface area contributed by atoms with E-state index in [1.54, 1.807) is 7.05 Å². The number of H-pyrrole nitrogens is 1. The minimum Gasteiger partial charge on any atom is -0.391 e. The molecule has 160 valence electrons. The van der Waals surface area contributed by atoms with Gasteiger partial charge in [0.15, 0.2) is 5.65 Å². The highest BCUT2D eigenvalue weighted by Gasteiger charge is 2.34. The van der Waals surface area contributed by atoms with Crippen LogP contribution in [0.2, 0.25) is 0 Å². The van der Waals surface area contributed by atoms with Gasteiger partial charge in [-0.25, -0.2) is 18.7 Å². The van der Waals surface area contributed by atoms with Crippen LogP contribution < -0.4 is 10.6 Å². The molecule has 0 saturated heterocycles. The number of carbonyl (C=O) groups is 1. The molecule has 1 unspecified atom stereocenters. The van der Waals surface area contributed by atoms with Gasteiger partial charge < -0.3 is 20.6 Å². The van der Waals surface area contributed by atoms with Gasteiger partial charge in [0.2, 0.25) is 0 Å². The third-order valence-electron chi connectivity index (χ3n) is 5.14. The van der Waals surface area contributed by atoms with Gasteiger partial charge >= 0.3 is 0 Å². The molecule has 0 aromatic carbocycles. The Bertz CT molecular complexity index is 1030. The quantitative estimate of drug-likeness (QED) is 0.412. The molecule has 0 radical (unpaired) electrons. The first kappa shape index (κ1) is 20.5. The smallest absolute Gasteiger partial charge is 0.272 e. The molecule has 1 aliphatic heterocycles. The second kappa shape index (κ2) is 8.15. The van der Waals surface area contributed by atoms with Crippen LogP contribution in [-0.2, 0) is 0 Å². The number of aromatic nitrogens is 4. The number of dihydropyridines is 1. The fourth-order valence-electron chi connectivity index (χ4n) is 3.62. The van der Waals surface area contributed by atoms with Crippen molar-refractivity contribution in [1.82, 2.24) is 30.4 Å². The van der Waals surface area contributed by atoms with Gasteiger partial charge in [0.05, 0.1) is 17.5 Å². The van der Waals surface area contributed by atoms with Gasteiger partial charge in [-0.15, -0.1) is 0 Å². The van der Waals surface area contributed by atoms with Gasteiger partial charge in [-0.1, -0.05) is 11.6 Å². The topological polar surface area (TPSA) is 119 Å². The van der Waals surface area contributed by atoms with E-state index >= 15 is 0 Å². The number of hydrogen-bond donors (Lipinski definition) is 4. The molecule has 3 heterocycles. The first-order chi connectivity index (χ1) is 14.3. The molecule has 4 rings (SSSR count). The Labute approximate surface area is 175 Å². The Hall–Kier alpha value is -2.79. The second-order valence-electron chi connectivity index (χ2n) is 7.35. The summed E-state index contributed by atoms with van der Waals surface area (Å²) >= 11 is 6.13. The monoisotopic (exact) mass is 439 g/mol. The number of halogens is 3. The summed E-state index contributed by atoms with van der Waals surface area (Å²) < 4.78 is 27.1. The summed E-state index contributed by atoms with van der Waals surface area (Å²) in [7, 11) is 1.54. The highest BCUT2D eigenvalue weighted by atomic mass is 35.5. The van der Waals surface area contributed by atoms with Crippen LogP contribution in [0, 0.1) is 0 Å².